The summed E-state index contributed by atoms with van der Waals surface area (Å²) >= 11 is 4.51. The fourth-order valence-electron chi connectivity index (χ4n) is 2.20. The van der Waals surface area contributed by atoms with Crippen LogP contribution in [0.25, 0.3) is 6.08 Å². The first-order valence-electron chi connectivity index (χ1n) is 7.24. The molecule has 1 fully saturated rings. The number of aliphatic imine (C=N–C) groups is 1. The Labute approximate surface area is 152 Å². The maximum atomic E-state index is 13.9. The third-order valence-electron chi connectivity index (χ3n) is 3.48. The topological polar surface area (TPSA) is 41.5 Å². The molecule has 24 heavy (non-hydrogen) atoms. The number of carbonyl (C=O) groups excluding carboxylic acids is 1. The quantitative estimate of drug-likeness (QED) is 0.707. The van der Waals surface area contributed by atoms with E-state index in [4.69, 9.17) is 0 Å². The molecule has 122 valence electrons. The van der Waals surface area contributed by atoms with Crippen LogP contribution in [0.5, 0.6) is 0 Å². The van der Waals surface area contributed by atoms with Crippen LogP contribution in [0.15, 0.2) is 50.8 Å². The Bertz CT molecular complexity index is 893. The van der Waals surface area contributed by atoms with Gasteiger partial charge >= 0.3 is 0 Å². The number of nitrogens with zero attached hydrogens (tertiary/aromatic N) is 1. The molecule has 1 aliphatic rings. The number of thioether (sulfide) groups is 1. The van der Waals surface area contributed by atoms with Crippen LogP contribution in [0.2, 0.25) is 0 Å². The summed E-state index contributed by atoms with van der Waals surface area (Å²) in [4.78, 5) is 17.0. The van der Waals surface area contributed by atoms with Gasteiger partial charge in [-0.2, -0.15) is 0 Å². The maximum Gasteiger partial charge on any atom is 0.264 e. The van der Waals surface area contributed by atoms with Crippen molar-refractivity contribution < 1.29 is 9.18 Å². The van der Waals surface area contributed by atoms with Crippen molar-refractivity contribution in [3.63, 3.8) is 0 Å². The lowest BCUT2D eigenvalue weighted by atomic mass is 10.1. The lowest BCUT2D eigenvalue weighted by molar-refractivity contribution is -0.115. The van der Waals surface area contributed by atoms with E-state index in [-0.39, 0.29) is 11.7 Å². The molecule has 6 heteroatoms. The molecule has 1 N–H and O–H groups in total. The van der Waals surface area contributed by atoms with E-state index in [1.54, 1.807) is 12.1 Å². The van der Waals surface area contributed by atoms with Gasteiger partial charge in [-0.3, -0.25) is 4.79 Å². The van der Waals surface area contributed by atoms with Gasteiger partial charge in [0.25, 0.3) is 5.91 Å². The molecule has 1 amide bonds. The predicted molar refractivity (Wildman–Crippen MR) is 101 cm³/mol. The third-order valence-corrected chi connectivity index (χ3v) is 4.89. The average molecular weight is 405 g/mol. The van der Waals surface area contributed by atoms with Gasteiger partial charge in [-0.25, -0.2) is 9.38 Å². The summed E-state index contributed by atoms with van der Waals surface area (Å²) in [7, 11) is 0. The molecule has 0 spiro atoms. The van der Waals surface area contributed by atoms with Gasteiger partial charge < -0.3 is 5.32 Å². The summed E-state index contributed by atoms with van der Waals surface area (Å²) in [5.41, 5.74) is 3.29. The highest BCUT2D eigenvalue weighted by Crippen LogP contribution is 2.30. The van der Waals surface area contributed by atoms with Crippen molar-refractivity contribution in [1.29, 1.82) is 0 Å². The van der Waals surface area contributed by atoms with Crippen molar-refractivity contribution in [2.75, 3.05) is 0 Å². The minimum Gasteiger partial charge on any atom is -0.300 e. The van der Waals surface area contributed by atoms with Crippen LogP contribution in [0, 0.1) is 19.7 Å². The van der Waals surface area contributed by atoms with Gasteiger partial charge in [0.15, 0.2) is 5.17 Å². The highest BCUT2D eigenvalue weighted by atomic mass is 79.9. The van der Waals surface area contributed by atoms with E-state index in [9.17, 15) is 9.18 Å². The predicted octanol–water partition coefficient (Wildman–Crippen LogP) is 5.10. The number of carbonyl (C=O) groups is 1. The lowest BCUT2D eigenvalue weighted by Crippen LogP contribution is -2.19. The standard InChI is InChI=1S/C18H14BrFN2OS/c1-10-3-4-11(2)15(7-10)21-18-22-17(23)16(24-18)9-12-8-13(19)5-6-14(12)20/h3-9H,1-2H3,(H,21,22,23)/b16-9+. The molecule has 0 atom stereocenters. The number of hydrogen-bond acceptors (Lipinski definition) is 3. The van der Waals surface area contributed by atoms with E-state index in [0.717, 1.165) is 21.3 Å². The van der Waals surface area contributed by atoms with E-state index in [2.05, 4.69) is 26.2 Å². The second-order valence-electron chi connectivity index (χ2n) is 5.44. The molecule has 0 bridgehead atoms. The minimum absolute atomic E-state index is 0.275. The molecule has 1 saturated heterocycles. The second-order valence-corrected chi connectivity index (χ2v) is 7.38. The molecule has 3 nitrogen and oxygen atoms in total. The van der Waals surface area contributed by atoms with Crippen molar-refractivity contribution >= 4 is 50.5 Å². The van der Waals surface area contributed by atoms with Crippen LogP contribution in [-0.4, -0.2) is 11.1 Å². The molecule has 1 aliphatic heterocycles. The highest BCUT2D eigenvalue weighted by Gasteiger charge is 2.24. The molecule has 2 aromatic rings. The number of hydrogen-bond donors (Lipinski definition) is 1. The summed E-state index contributed by atoms with van der Waals surface area (Å²) < 4.78 is 14.6. The molecule has 0 aliphatic carbocycles. The normalized spacial score (nSPS) is 17.6. The molecule has 0 unspecified atom stereocenters. The van der Waals surface area contributed by atoms with Crippen LogP contribution in [0.4, 0.5) is 10.1 Å². The van der Waals surface area contributed by atoms with E-state index >= 15 is 0 Å². The zero-order valence-electron chi connectivity index (χ0n) is 13.1. The Morgan fingerprint density at radius 3 is 2.79 bits per heavy atom. The smallest absolute Gasteiger partial charge is 0.264 e. The Balaban J connectivity index is 1.91. The molecular weight excluding hydrogens is 391 g/mol. The zero-order chi connectivity index (χ0) is 17.3. The van der Waals surface area contributed by atoms with Crippen LogP contribution in [0.3, 0.4) is 0 Å². The molecule has 0 radical (unpaired) electrons. The first-order chi connectivity index (χ1) is 11.4. The third kappa shape index (κ3) is 3.76. The molecule has 0 saturated carbocycles. The first kappa shape index (κ1) is 16.9. The Hall–Kier alpha value is -1.92. The monoisotopic (exact) mass is 404 g/mol. The van der Waals surface area contributed by atoms with Crippen LogP contribution >= 0.6 is 27.7 Å². The molecular formula is C18H14BrFN2OS. The molecule has 0 aromatic heterocycles. The van der Waals surface area contributed by atoms with Crippen molar-refractivity contribution in [3.05, 3.63) is 68.3 Å². The van der Waals surface area contributed by atoms with E-state index in [0.29, 0.717) is 15.6 Å². The van der Waals surface area contributed by atoms with Gasteiger partial charge in [0.05, 0.1) is 10.6 Å². The summed E-state index contributed by atoms with van der Waals surface area (Å²) in [5, 5.41) is 3.22. The number of rotatable bonds is 2. The number of aryl methyl sites for hydroxylation is 2. The van der Waals surface area contributed by atoms with Gasteiger partial charge in [-0.1, -0.05) is 28.1 Å². The number of halogens is 2. The molecule has 1 heterocycles. The zero-order valence-corrected chi connectivity index (χ0v) is 15.5. The number of amidine groups is 1. The van der Waals surface area contributed by atoms with Gasteiger partial charge in [0.2, 0.25) is 0 Å². The van der Waals surface area contributed by atoms with E-state index in [1.165, 1.54) is 23.9 Å². The van der Waals surface area contributed by atoms with Gasteiger partial charge in [-0.15, -0.1) is 0 Å². The highest BCUT2D eigenvalue weighted by molar-refractivity contribution is 9.10. The van der Waals surface area contributed by atoms with Crippen LogP contribution in [0.1, 0.15) is 16.7 Å². The Morgan fingerprint density at radius 1 is 1.21 bits per heavy atom. The second kappa shape index (κ2) is 6.91. The van der Waals surface area contributed by atoms with Gasteiger partial charge in [0, 0.05) is 10.0 Å². The number of amides is 1. The fraction of sp³-hybridized carbons (Fsp3) is 0.111. The summed E-state index contributed by atoms with van der Waals surface area (Å²) in [6, 6.07) is 10.6. The number of benzene rings is 2. The van der Waals surface area contributed by atoms with Crippen molar-refractivity contribution in [1.82, 2.24) is 5.32 Å². The lowest BCUT2D eigenvalue weighted by Gasteiger charge is -2.02. The van der Waals surface area contributed by atoms with Crippen molar-refractivity contribution in [3.8, 4) is 0 Å². The summed E-state index contributed by atoms with van der Waals surface area (Å²) in [5.74, 6) is -0.651. The molecule has 3 rings (SSSR count). The summed E-state index contributed by atoms with van der Waals surface area (Å²) in [6.07, 6.45) is 1.53. The number of nitrogens with one attached hydrogen (secondary N) is 1. The Morgan fingerprint density at radius 2 is 2.00 bits per heavy atom. The SMILES string of the molecule is Cc1ccc(C)c(N=C2NC(=O)/C(=C\c3cc(Br)ccc3F)S2)c1. The molecule has 2 aromatic carbocycles. The summed E-state index contributed by atoms with van der Waals surface area (Å²) in [6.45, 7) is 3.96. The Kier molecular flexibility index (Phi) is 4.87. The first-order valence-corrected chi connectivity index (χ1v) is 8.85. The van der Waals surface area contributed by atoms with E-state index in [1.807, 2.05) is 32.0 Å². The average Bonchev–Trinajstić information content (AvgIpc) is 2.86. The van der Waals surface area contributed by atoms with E-state index < -0.39 is 0 Å². The minimum atomic E-state index is -0.376. The van der Waals surface area contributed by atoms with Crippen molar-refractivity contribution in [2.24, 2.45) is 4.99 Å². The largest absolute Gasteiger partial charge is 0.300 e. The van der Waals surface area contributed by atoms with Crippen LogP contribution in [-0.2, 0) is 4.79 Å². The van der Waals surface area contributed by atoms with Crippen molar-refractivity contribution in [2.45, 2.75) is 13.8 Å². The van der Waals surface area contributed by atoms with Gasteiger partial charge in [0.1, 0.15) is 5.82 Å². The fourth-order valence-corrected chi connectivity index (χ4v) is 3.40. The maximum absolute atomic E-state index is 13.9. The van der Waals surface area contributed by atoms with Gasteiger partial charge in [-0.05, 0) is 67.1 Å². The van der Waals surface area contributed by atoms with Crippen LogP contribution < -0.4 is 5.32 Å².